The Labute approximate surface area is 434 Å². The van der Waals surface area contributed by atoms with E-state index in [9.17, 15) is 71.5 Å². The number of fused-ring (bicyclic) bond motifs is 7. The number of hydrogen-bond acceptors (Lipinski definition) is 24. The standard InChI is InChI=1S/C51H82O24/c1-19-31-26(74-51(19)11-10-48(3,75-51)18-66-44-38(62)36(60)33(57)27(15-52)69-44)14-24-30-23(7-9-50(24,31)5)49(4)8-6-22(12-21(49)13-25(30)55)68-47-43(73-45-39(63)35(59)32(56)20(2)67-45)41(65)42(29(17-54)71-47)72-46-40(64)37(61)34(58)28(16-53)70-46/h13,19-20,22-47,52-65H,6-12,14-18H2,1-5H3. The van der Waals surface area contributed by atoms with Crippen LogP contribution in [0.15, 0.2) is 11.6 Å². The lowest BCUT2D eigenvalue weighted by atomic mass is 9.46. The van der Waals surface area contributed by atoms with Gasteiger partial charge in [-0.15, -0.1) is 0 Å². The first kappa shape index (κ1) is 57.0. The molecule has 0 bridgehead atoms. The van der Waals surface area contributed by atoms with E-state index in [0.717, 1.165) is 24.8 Å². The second-order valence-corrected chi connectivity index (χ2v) is 24.3. The van der Waals surface area contributed by atoms with Crippen molar-refractivity contribution in [2.45, 2.75) is 239 Å². The summed E-state index contributed by atoms with van der Waals surface area (Å²) < 4.78 is 61.8. The lowest BCUT2D eigenvalue weighted by molar-refractivity contribution is -0.389. The molecule has 4 aliphatic carbocycles. The monoisotopic (exact) mass is 1080 g/mol. The largest absolute Gasteiger partial charge is 0.394 e. The normalized spacial score (nSPS) is 57.8. The van der Waals surface area contributed by atoms with Crippen LogP contribution in [0.4, 0.5) is 0 Å². The van der Waals surface area contributed by atoms with Crippen LogP contribution in [-0.2, 0) is 47.4 Å². The van der Waals surface area contributed by atoms with E-state index in [0.29, 0.717) is 32.1 Å². The van der Waals surface area contributed by atoms with Crippen LogP contribution < -0.4 is 0 Å². The van der Waals surface area contributed by atoms with E-state index in [1.807, 2.05) is 13.0 Å². The predicted molar refractivity (Wildman–Crippen MR) is 250 cm³/mol. The van der Waals surface area contributed by atoms with Crippen molar-refractivity contribution >= 4 is 0 Å². The number of aliphatic hydroxyl groups excluding tert-OH is 14. The Kier molecular flexibility index (Phi) is 16.2. The Hall–Kier alpha value is -1.22. The lowest BCUT2D eigenvalue weighted by Crippen LogP contribution is -2.67. The fourth-order valence-electron chi connectivity index (χ4n) is 15.6. The van der Waals surface area contributed by atoms with Gasteiger partial charge in [0.1, 0.15) is 91.6 Å². The molecule has 6 heterocycles. The smallest absolute Gasteiger partial charge is 0.187 e. The van der Waals surface area contributed by atoms with Crippen LogP contribution in [0, 0.1) is 40.4 Å². The molecular formula is C51H82O24. The van der Waals surface area contributed by atoms with Crippen molar-refractivity contribution < 1.29 is 119 Å². The fraction of sp³-hybridized carbons (Fsp3) is 0.961. The summed E-state index contributed by atoms with van der Waals surface area (Å²) >= 11 is 0. The molecule has 0 aromatic carbocycles. The van der Waals surface area contributed by atoms with Crippen LogP contribution in [0.3, 0.4) is 0 Å². The molecule has 3 saturated carbocycles. The van der Waals surface area contributed by atoms with Crippen molar-refractivity contribution in [3.63, 3.8) is 0 Å². The molecule has 6 saturated heterocycles. The van der Waals surface area contributed by atoms with Gasteiger partial charge >= 0.3 is 0 Å². The summed E-state index contributed by atoms with van der Waals surface area (Å²) in [7, 11) is 0. The average molecular weight is 1080 g/mol. The van der Waals surface area contributed by atoms with Gasteiger partial charge in [0.15, 0.2) is 30.9 Å². The topological polar surface area (TPSA) is 376 Å². The van der Waals surface area contributed by atoms with Gasteiger partial charge in [-0.1, -0.05) is 32.4 Å². The molecule has 32 atom stereocenters. The summed E-state index contributed by atoms with van der Waals surface area (Å²) in [5.74, 6) is -0.576. The van der Waals surface area contributed by atoms with Crippen LogP contribution in [0.1, 0.15) is 86.0 Å². The number of rotatable bonds is 12. The van der Waals surface area contributed by atoms with E-state index in [2.05, 4.69) is 20.8 Å². The maximum atomic E-state index is 12.3. The fourth-order valence-corrected chi connectivity index (χ4v) is 15.6. The highest BCUT2D eigenvalue weighted by Gasteiger charge is 2.71. The Morgan fingerprint density at radius 1 is 0.573 bits per heavy atom. The van der Waals surface area contributed by atoms with E-state index in [1.165, 1.54) is 6.92 Å². The van der Waals surface area contributed by atoms with Crippen LogP contribution in [-0.4, -0.2) is 250 Å². The third-order valence-corrected chi connectivity index (χ3v) is 19.9. The number of ether oxygens (including phenoxy) is 10. The zero-order chi connectivity index (χ0) is 54.0. The van der Waals surface area contributed by atoms with E-state index in [1.54, 1.807) is 0 Å². The summed E-state index contributed by atoms with van der Waals surface area (Å²) in [6, 6.07) is 0. The summed E-state index contributed by atoms with van der Waals surface area (Å²) in [5, 5.41) is 149. The molecule has 9 fully saturated rings. The van der Waals surface area contributed by atoms with E-state index < -0.39 is 166 Å². The molecule has 0 radical (unpaired) electrons. The quantitative estimate of drug-likeness (QED) is 0.0832. The van der Waals surface area contributed by atoms with Crippen molar-refractivity contribution in [1.29, 1.82) is 0 Å². The molecule has 430 valence electrons. The molecule has 75 heavy (non-hydrogen) atoms. The first-order valence-corrected chi connectivity index (χ1v) is 27.0. The Morgan fingerprint density at radius 3 is 1.81 bits per heavy atom. The van der Waals surface area contributed by atoms with E-state index in [4.69, 9.17) is 47.4 Å². The number of hydrogen-bond donors (Lipinski definition) is 14. The van der Waals surface area contributed by atoms with Crippen LogP contribution in [0.25, 0.3) is 0 Å². The molecule has 14 N–H and O–H groups in total. The minimum atomic E-state index is -1.87. The molecular weight excluding hydrogens is 997 g/mol. The minimum Gasteiger partial charge on any atom is -0.394 e. The molecule has 1 spiro atoms. The first-order valence-electron chi connectivity index (χ1n) is 27.0. The Bertz CT molecular complexity index is 2020. The maximum Gasteiger partial charge on any atom is 0.187 e. The molecule has 0 aromatic heterocycles. The van der Waals surface area contributed by atoms with Gasteiger partial charge in [0, 0.05) is 12.3 Å². The average Bonchev–Trinajstić information content (AvgIpc) is 4.01. The van der Waals surface area contributed by atoms with Gasteiger partial charge in [0.25, 0.3) is 0 Å². The van der Waals surface area contributed by atoms with Crippen molar-refractivity contribution in [2.24, 2.45) is 40.4 Å². The highest BCUT2D eigenvalue weighted by Crippen LogP contribution is 2.71. The van der Waals surface area contributed by atoms with Crippen molar-refractivity contribution in [3.8, 4) is 0 Å². The Morgan fingerprint density at radius 2 is 1.16 bits per heavy atom. The van der Waals surface area contributed by atoms with Gasteiger partial charge in [-0.3, -0.25) is 0 Å². The molecule has 24 heteroatoms. The third kappa shape index (κ3) is 9.61. The second-order valence-electron chi connectivity index (χ2n) is 24.3. The van der Waals surface area contributed by atoms with E-state index in [-0.39, 0.29) is 53.1 Å². The first-order chi connectivity index (χ1) is 35.4. The third-order valence-electron chi connectivity index (χ3n) is 19.9. The maximum absolute atomic E-state index is 12.3. The SMILES string of the molecule is CC1OC(OC2C(OC3CCC4(C)C(=CC(O)C5C4CCC4(C)C5CC5OC6(CCC(C)(COC7OC(CO)C(O)C(O)C7O)O6)C(C)C54)C3)OC(CO)C(OC3OC(CO)C(O)C(O)C3O)C2O)C(O)C(O)C1O. The Balaban J connectivity index is 0.824. The molecule has 10 aliphatic rings. The van der Waals surface area contributed by atoms with Crippen LogP contribution in [0.5, 0.6) is 0 Å². The zero-order valence-electron chi connectivity index (χ0n) is 43.1. The summed E-state index contributed by atoms with van der Waals surface area (Å²) in [4.78, 5) is 0. The minimum absolute atomic E-state index is 0.00461. The molecule has 32 unspecified atom stereocenters. The van der Waals surface area contributed by atoms with E-state index >= 15 is 0 Å². The molecule has 0 amide bonds. The van der Waals surface area contributed by atoms with Gasteiger partial charge in [-0.05, 0) is 93.3 Å². The molecule has 0 aromatic rings. The predicted octanol–water partition coefficient (Wildman–Crippen LogP) is -3.88. The molecule has 10 rings (SSSR count). The van der Waals surface area contributed by atoms with Crippen molar-refractivity contribution in [3.05, 3.63) is 11.6 Å². The van der Waals surface area contributed by atoms with Crippen LogP contribution in [0.2, 0.25) is 0 Å². The zero-order valence-corrected chi connectivity index (χ0v) is 43.1. The van der Waals surface area contributed by atoms with Gasteiger partial charge in [0.05, 0.1) is 56.4 Å². The van der Waals surface area contributed by atoms with Gasteiger partial charge < -0.3 is 119 Å². The molecule has 6 aliphatic heterocycles. The highest BCUT2D eigenvalue weighted by molar-refractivity contribution is 5.29. The summed E-state index contributed by atoms with van der Waals surface area (Å²) in [5.41, 5.74) is -0.319. The highest BCUT2D eigenvalue weighted by atomic mass is 16.8. The van der Waals surface area contributed by atoms with Crippen molar-refractivity contribution in [2.75, 3.05) is 26.4 Å². The summed E-state index contributed by atoms with van der Waals surface area (Å²) in [6.07, 6.45) is -25.2. The van der Waals surface area contributed by atoms with Crippen molar-refractivity contribution in [1.82, 2.24) is 0 Å². The van der Waals surface area contributed by atoms with Gasteiger partial charge in [0.2, 0.25) is 0 Å². The van der Waals surface area contributed by atoms with Gasteiger partial charge in [-0.2, -0.15) is 0 Å². The van der Waals surface area contributed by atoms with Crippen LogP contribution >= 0.6 is 0 Å². The summed E-state index contributed by atoms with van der Waals surface area (Å²) in [6.45, 7) is 8.06. The lowest BCUT2D eigenvalue weighted by Gasteiger charge is -2.59. The van der Waals surface area contributed by atoms with Gasteiger partial charge in [-0.25, -0.2) is 0 Å². The number of aliphatic hydroxyl groups is 14. The second kappa shape index (κ2) is 21.3. The molecule has 24 nitrogen and oxygen atoms in total.